The van der Waals surface area contributed by atoms with Crippen molar-refractivity contribution >= 4 is 16.5 Å². The molecule has 6 nitrogen and oxygen atoms in total. The molecule has 0 saturated carbocycles. The predicted octanol–water partition coefficient (Wildman–Crippen LogP) is 0.305. The number of aliphatic imine (C=N–C) groups is 1. The van der Waals surface area contributed by atoms with Crippen molar-refractivity contribution in [3.63, 3.8) is 0 Å². The largest absolute Gasteiger partial charge is 0.335 e. The Kier molecular flexibility index (Phi) is 3.15. The maximum atomic E-state index is 12.1. The number of fused-ring (bicyclic) bond motifs is 1. The maximum Gasteiger partial charge on any atom is 0.279 e. The standard InChI is InChI=1S/C12H20N4O2S/c1-9-10(2)13-8-15-7-11(6-12(9)15)14-19(17,18)16-4-3-5-16/h8,10-11,14H,3-7H2,1-2H3/t10-,11-/m0/s1. The second kappa shape index (κ2) is 4.57. The van der Waals surface area contributed by atoms with E-state index in [1.165, 1.54) is 15.6 Å². The van der Waals surface area contributed by atoms with Crippen LogP contribution in [0, 0.1) is 0 Å². The number of rotatable bonds is 3. The van der Waals surface area contributed by atoms with Crippen LogP contribution in [0.1, 0.15) is 26.7 Å². The summed E-state index contributed by atoms with van der Waals surface area (Å²) in [5, 5.41) is 0. The third-order valence-electron chi connectivity index (χ3n) is 4.19. The van der Waals surface area contributed by atoms with Gasteiger partial charge in [0.15, 0.2) is 0 Å². The molecule has 3 heterocycles. The zero-order valence-corrected chi connectivity index (χ0v) is 12.2. The fourth-order valence-electron chi connectivity index (χ4n) is 2.69. The van der Waals surface area contributed by atoms with E-state index in [1.54, 1.807) is 0 Å². The van der Waals surface area contributed by atoms with Crippen LogP contribution in [0.5, 0.6) is 0 Å². The lowest BCUT2D eigenvalue weighted by Gasteiger charge is -2.30. The first kappa shape index (κ1) is 13.1. The molecule has 3 aliphatic rings. The van der Waals surface area contributed by atoms with E-state index in [9.17, 15) is 8.42 Å². The highest BCUT2D eigenvalue weighted by molar-refractivity contribution is 7.87. The van der Waals surface area contributed by atoms with Crippen molar-refractivity contribution in [3.05, 3.63) is 11.3 Å². The molecule has 0 bridgehead atoms. The van der Waals surface area contributed by atoms with Gasteiger partial charge in [0.05, 0.1) is 12.4 Å². The molecule has 0 aromatic carbocycles. The van der Waals surface area contributed by atoms with Gasteiger partial charge in [0.25, 0.3) is 10.2 Å². The summed E-state index contributed by atoms with van der Waals surface area (Å²) < 4.78 is 28.4. The molecule has 2 saturated heterocycles. The minimum atomic E-state index is -3.29. The normalized spacial score (nSPS) is 31.6. The molecular weight excluding hydrogens is 264 g/mol. The van der Waals surface area contributed by atoms with Crippen molar-refractivity contribution in [1.29, 1.82) is 0 Å². The molecule has 19 heavy (non-hydrogen) atoms. The lowest BCUT2D eigenvalue weighted by molar-refractivity contribution is 0.302. The zero-order valence-electron chi connectivity index (χ0n) is 11.3. The van der Waals surface area contributed by atoms with E-state index in [2.05, 4.69) is 28.5 Å². The summed E-state index contributed by atoms with van der Waals surface area (Å²) in [7, 11) is -3.29. The molecule has 2 fully saturated rings. The van der Waals surface area contributed by atoms with E-state index >= 15 is 0 Å². The molecule has 2 atom stereocenters. The smallest absolute Gasteiger partial charge is 0.279 e. The lowest BCUT2D eigenvalue weighted by Crippen LogP contribution is -2.51. The Morgan fingerprint density at radius 2 is 2.16 bits per heavy atom. The SMILES string of the molecule is CC1=C2C[C@H](NS(=O)(=O)N3CCC3)CN2C=N[C@H]1C. The fraction of sp³-hybridized carbons (Fsp3) is 0.750. The topological polar surface area (TPSA) is 65.0 Å². The summed E-state index contributed by atoms with van der Waals surface area (Å²) in [6.45, 7) is 6.11. The summed E-state index contributed by atoms with van der Waals surface area (Å²) in [5.74, 6) is 0. The Morgan fingerprint density at radius 3 is 2.79 bits per heavy atom. The summed E-state index contributed by atoms with van der Waals surface area (Å²) >= 11 is 0. The van der Waals surface area contributed by atoms with Gasteiger partial charge in [-0.15, -0.1) is 0 Å². The monoisotopic (exact) mass is 284 g/mol. The van der Waals surface area contributed by atoms with Gasteiger partial charge in [-0.05, 0) is 25.8 Å². The third-order valence-corrected chi connectivity index (χ3v) is 5.86. The number of nitrogens with one attached hydrogen (secondary N) is 1. The highest BCUT2D eigenvalue weighted by atomic mass is 32.2. The molecule has 0 radical (unpaired) electrons. The number of hydrogen-bond acceptors (Lipinski definition) is 4. The first-order valence-corrected chi connectivity index (χ1v) is 8.18. The Hall–Kier alpha value is -0.920. The molecule has 0 spiro atoms. The van der Waals surface area contributed by atoms with Gasteiger partial charge in [0.2, 0.25) is 0 Å². The molecule has 106 valence electrons. The Bertz CT molecular complexity index is 536. The number of nitrogens with zero attached hydrogens (tertiary/aromatic N) is 3. The van der Waals surface area contributed by atoms with Crippen molar-refractivity contribution < 1.29 is 8.42 Å². The van der Waals surface area contributed by atoms with Crippen LogP contribution in [0.2, 0.25) is 0 Å². The molecule has 1 N–H and O–H groups in total. The minimum absolute atomic E-state index is 0.0488. The van der Waals surface area contributed by atoms with Crippen molar-refractivity contribution in [2.24, 2.45) is 4.99 Å². The average Bonchev–Trinajstić information content (AvgIpc) is 2.63. The van der Waals surface area contributed by atoms with Gasteiger partial charge in [-0.3, -0.25) is 4.99 Å². The highest BCUT2D eigenvalue weighted by Crippen LogP contribution is 2.29. The van der Waals surface area contributed by atoms with Crippen molar-refractivity contribution in [1.82, 2.24) is 13.9 Å². The quantitative estimate of drug-likeness (QED) is 0.811. The Morgan fingerprint density at radius 1 is 1.42 bits per heavy atom. The van der Waals surface area contributed by atoms with Gasteiger partial charge in [-0.25, -0.2) is 0 Å². The van der Waals surface area contributed by atoms with Crippen LogP contribution in [0.15, 0.2) is 16.3 Å². The van der Waals surface area contributed by atoms with E-state index < -0.39 is 10.2 Å². The van der Waals surface area contributed by atoms with Crippen molar-refractivity contribution in [3.8, 4) is 0 Å². The lowest BCUT2D eigenvalue weighted by atomic mass is 10.1. The van der Waals surface area contributed by atoms with Crippen LogP contribution in [-0.2, 0) is 10.2 Å². The highest BCUT2D eigenvalue weighted by Gasteiger charge is 2.35. The molecule has 3 rings (SSSR count). The Labute approximate surface area is 114 Å². The van der Waals surface area contributed by atoms with Crippen LogP contribution < -0.4 is 4.72 Å². The van der Waals surface area contributed by atoms with Crippen molar-refractivity contribution in [2.75, 3.05) is 19.6 Å². The predicted molar refractivity (Wildman–Crippen MR) is 74.0 cm³/mol. The second-order valence-electron chi connectivity index (χ2n) is 5.50. The minimum Gasteiger partial charge on any atom is -0.335 e. The molecular formula is C12H20N4O2S. The van der Waals surface area contributed by atoms with E-state index in [-0.39, 0.29) is 12.1 Å². The van der Waals surface area contributed by atoms with E-state index in [0.29, 0.717) is 19.6 Å². The summed E-state index contributed by atoms with van der Waals surface area (Å²) in [5.41, 5.74) is 2.46. The van der Waals surface area contributed by atoms with Gasteiger partial charge >= 0.3 is 0 Å². The number of hydrogen-bond donors (Lipinski definition) is 1. The molecule has 0 aromatic rings. The van der Waals surface area contributed by atoms with E-state index in [0.717, 1.165) is 12.8 Å². The summed E-state index contributed by atoms with van der Waals surface area (Å²) in [6, 6.07) is 0.157. The van der Waals surface area contributed by atoms with Gasteiger partial charge in [-0.1, -0.05) is 0 Å². The first-order valence-electron chi connectivity index (χ1n) is 6.74. The summed E-state index contributed by atoms with van der Waals surface area (Å²) in [4.78, 5) is 6.47. The Balaban J connectivity index is 1.71. The molecule has 0 aliphatic carbocycles. The fourth-order valence-corrected chi connectivity index (χ4v) is 4.16. The first-order chi connectivity index (χ1) is 8.97. The van der Waals surface area contributed by atoms with Gasteiger partial charge in [-0.2, -0.15) is 17.4 Å². The molecule has 7 heteroatoms. The van der Waals surface area contributed by atoms with E-state index in [1.807, 2.05) is 6.34 Å². The molecule has 0 amide bonds. The van der Waals surface area contributed by atoms with Crippen LogP contribution in [-0.4, -0.2) is 55.7 Å². The molecule has 0 unspecified atom stereocenters. The van der Waals surface area contributed by atoms with Gasteiger partial charge < -0.3 is 4.90 Å². The average molecular weight is 284 g/mol. The van der Waals surface area contributed by atoms with Gasteiger partial charge in [0.1, 0.15) is 0 Å². The molecule has 3 aliphatic heterocycles. The van der Waals surface area contributed by atoms with Gasteiger partial charge in [0, 0.05) is 37.8 Å². The second-order valence-corrected chi connectivity index (χ2v) is 7.20. The van der Waals surface area contributed by atoms with Crippen LogP contribution in [0.4, 0.5) is 0 Å². The van der Waals surface area contributed by atoms with E-state index in [4.69, 9.17) is 0 Å². The van der Waals surface area contributed by atoms with Crippen LogP contribution >= 0.6 is 0 Å². The third kappa shape index (κ3) is 2.30. The van der Waals surface area contributed by atoms with Crippen molar-refractivity contribution in [2.45, 2.75) is 38.8 Å². The van der Waals surface area contributed by atoms with Crippen LogP contribution in [0.3, 0.4) is 0 Å². The summed E-state index contributed by atoms with van der Waals surface area (Å²) in [6.07, 6.45) is 3.56. The molecule has 0 aromatic heterocycles. The van der Waals surface area contributed by atoms with Crippen LogP contribution in [0.25, 0.3) is 0 Å². The maximum absolute atomic E-state index is 12.1. The zero-order chi connectivity index (χ0) is 13.6.